The van der Waals surface area contributed by atoms with Crippen LogP contribution in [0.15, 0.2) is 62.3 Å². The summed E-state index contributed by atoms with van der Waals surface area (Å²) in [5.74, 6) is 0.939. The van der Waals surface area contributed by atoms with E-state index in [0.717, 1.165) is 5.56 Å². The van der Waals surface area contributed by atoms with Gasteiger partial charge < -0.3 is 29.1 Å². The molecule has 2 N–H and O–H groups in total. The first-order chi connectivity index (χ1) is 19.2. The first-order valence-electron chi connectivity index (χ1n) is 13.0. The zero-order chi connectivity index (χ0) is 28.7. The van der Waals surface area contributed by atoms with Gasteiger partial charge in [-0.25, -0.2) is 4.79 Å². The van der Waals surface area contributed by atoms with Crippen LogP contribution in [0.2, 0.25) is 0 Å². The van der Waals surface area contributed by atoms with Crippen LogP contribution < -0.4 is 25.6 Å². The highest BCUT2D eigenvalue weighted by molar-refractivity contribution is 6.00. The Labute approximate surface area is 231 Å². The third kappa shape index (κ3) is 4.35. The molecule has 5 rings (SSSR count). The number of allylic oxidation sites excluding steroid dienone is 3. The summed E-state index contributed by atoms with van der Waals surface area (Å²) in [5, 5.41) is 10.7. The fourth-order valence-corrected chi connectivity index (χ4v) is 5.51. The molecule has 206 valence electrons. The lowest BCUT2D eigenvalue weighted by atomic mass is 9.76. The molecule has 1 aliphatic carbocycles. The molecule has 1 atom stereocenters. The van der Waals surface area contributed by atoms with Gasteiger partial charge in [0.1, 0.15) is 23.0 Å². The maximum Gasteiger partial charge on any atom is 0.344 e. The summed E-state index contributed by atoms with van der Waals surface area (Å²) < 4.78 is 28.0. The molecule has 2 aromatic carbocycles. The van der Waals surface area contributed by atoms with Gasteiger partial charge in [-0.3, -0.25) is 4.79 Å². The van der Waals surface area contributed by atoms with E-state index in [2.05, 4.69) is 6.07 Å². The van der Waals surface area contributed by atoms with E-state index >= 15 is 0 Å². The second kappa shape index (κ2) is 10.5. The van der Waals surface area contributed by atoms with Crippen LogP contribution in [0.25, 0.3) is 22.1 Å². The molecule has 9 heteroatoms. The highest BCUT2D eigenvalue weighted by Gasteiger charge is 2.38. The molecule has 0 spiro atoms. The molecule has 0 fully saturated rings. The van der Waals surface area contributed by atoms with Gasteiger partial charge >= 0.3 is 5.63 Å². The van der Waals surface area contributed by atoms with Crippen LogP contribution in [0, 0.1) is 11.3 Å². The minimum atomic E-state index is -0.681. The molecule has 2 heterocycles. The number of ether oxygens (including phenoxy) is 4. The smallest absolute Gasteiger partial charge is 0.344 e. The Morgan fingerprint density at radius 3 is 2.30 bits per heavy atom. The second-order valence-electron chi connectivity index (χ2n) is 10.1. The maximum absolute atomic E-state index is 13.3. The van der Waals surface area contributed by atoms with Crippen LogP contribution in [0.5, 0.6) is 17.2 Å². The largest absolute Gasteiger partial charge is 0.493 e. The van der Waals surface area contributed by atoms with Crippen molar-refractivity contribution in [1.29, 1.82) is 5.26 Å². The minimum Gasteiger partial charge on any atom is -0.493 e. The highest BCUT2D eigenvalue weighted by atomic mass is 16.5. The van der Waals surface area contributed by atoms with Gasteiger partial charge in [0.25, 0.3) is 0 Å². The van der Waals surface area contributed by atoms with Crippen molar-refractivity contribution in [2.45, 2.75) is 44.9 Å². The molecule has 1 aromatic heterocycles. The van der Waals surface area contributed by atoms with Crippen LogP contribution >= 0.6 is 0 Å². The van der Waals surface area contributed by atoms with E-state index in [1.807, 2.05) is 26.0 Å². The van der Waals surface area contributed by atoms with Gasteiger partial charge in [-0.2, -0.15) is 5.26 Å². The van der Waals surface area contributed by atoms with Crippen molar-refractivity contribution in [3.8, 4) is 34.4 Å². The van der Waals surface area contributed by atoms with E-state index in [1.54, 1.807) is 18.2 Å². The molecule has 1 unspecified atom stereocenters. The lowest BCUT2D eigenvalue weighted by Crippen LogP contribution is -2.27. The number of hydrogen-bond acceptors (Lipinski definition) is 9. The minimum absolute atomic E-state index is 0.00449. The van der Waals surface area contributed by atoms with Gasteiger partial charge in [0.05, 0.1) is 32.8 Å². The molecule has 1 aliphatic heterocycles. The average Bonchev–Trinajstić information content (AvgIpc) is 2.94. The zero-order valence-corrected chi connectivity index (χ0v) is 23.0. The summed E-state index contributed by atoms with van der Waals surface area (Å²) in [6, 6.07) is 11.0. The van der Waals surface area contributed by atoms with Crippen LogP contribution in [-0.2, 0) is 9.53 Å². The third-order valence-corrected chi connectivity index (χ3v) is 7.42. The number of benzene rings is 2. The molecule has 0 amide bonds. The van der Waals surface area contributed by atoms with Crippen LogP contribution in [0.4, 0.5) is 0 Å². The number of nitrogens with zero attached hydrogens (tertiary/aromatic N) is 1. The summed E-state index contributed by atoms with van der Waals surface area (Å²) in [7, 11) is 4.51. The van der Waals surface area contributed by atoms with Crippen molar-refractivity contribution in [2.24, 2.45) is 5.73 Å². The van der Waals surface area contributed by atoms with E-state index in [4.69, 9.17) is 29.1 Å². The number of hydrogen-bond donors (Lipinski definition) is 1. The quantitative estimate of drug-likeness (QED) is 0.405. The Kier molecular flexibility index (Phi) is 7.03. The van der Waals surface area contributed by atoms with Gasteiger partial charge in [-0.1, -0.05) is 19.9 Å². The molecule has 0 radical (unpaired) electrons. The number of nitrogens with two attached hydrogens (primary N) is 1. The molecule has 0 bridgehead atoms. The summed E-state index contributed by atoms with van der Waals surface area (Å²) >= 11 is 0. The number of nitriles is 1. The van der Waals surface area contributed by atoms with Crippen molar-refractivity contribution in [3.63, 3.8) is 0 Å². The second-order valence-corrected chi connectivity index (χ2v) is 10.1. The van der Waals surface area contributed by atoms with E-state index < -0.39 is 11.5 Å². The Balaban J connectivity index is 1.78. The van der Waals surface area contributed by atoms with Gasteiger partial charge in [0, 0.05) is 23.8 Å². The predicted molar refractivity (Wildman–Crippen MR) is 148 cm³/mol. The SMILES string of the molecule is COc1cc(-c2cc3cc(C4C(C#N)=C(N)OC5=C4C(=O)CCC5)cc(C(C)C)c3oc2=O)cc(OC)c1OC. The number of fused-ring (bicyclic) bond motifs is 1. The first kappa shape index (κ1) is 26.9. The molecule has 3 aromatic rings. The number of methoxy groups -OCH3 is 3. The van der Waals surface area contributed by atoms with Crippen molar-refractivity contribution < 1.29 is 28.2 Å². The molecule has 9 nitrogen and oxygen atoms in total. The van der Waals surface area contributed by atoms with Crippen molar-refractivity contribution >= 4 is 16.8 Å². The summed E-state index contributed by atoms with van der Waals surface area (Å²) in [5.41, 5.74) is 9.01. The van der Waals surface area contributed by atoms with E-state index in [9.17, 15) is 14.9 Å². The topological polar surface area (TPSA) is 134 Å². The third-order valence-electron chi connectivity index (χ3n) is 7.42. The molecule has 2 aliphatic rings. The number of Topliss-reactive ketones (excluding diaryl/α,β-unsaturated/α-hetero) is 1. The summed E-state index contributed by atoms with van der Waals surface area (Å²) in [6.45, 7) is 3.98. The Hall–Kier alpha value is -4.71. The van der Waals surface area contributed by atoms with Crippen LogP contribution in [0.1, 0.15) is 56.1 Å². The van der Waals surface area contributed by atoms with Crippen molar-refractivity contribution in [3.05, 3.63) is 74.7 Å². The fraction of sp³-hybridized carbons (Fsp3) is 0.323. The van der Waals surface area contributed by atoms with Crippen molar-refractivity contribution in [2.75, 3.05) is 21.3 Å². The lowest BCUT2D eigenvalue weighted by Gasteiger charge is -2.31. The lowest BCUT2D eigenvalue weighted by molar-refractivity contribution is -0.116. The zero-order valence-electron chi connectivity index (χ0n) is 23.0. The molecule has 40 heavy (non-hydrogen) atoms. The standard InChI is InChI=1S/C31H30N2O7/c1-15(2)19-10-17(26-21(14-32)30(33)39-23-8-6-7-22(34)27(23)26)9-18-11-20(31(35)40-28(18)19)16-12-24(36-3)29(38-5)25(13-16)37-4/h9-13,15,26H,6-8,33H2,1-5H3. The van der Waals surface area contributed by atoms with Gasteiger partial charge in [0.15, 0.2) is 17.3 Å². The highest BCUT2D eigenvalue weighted by Crippen LogP contribution is 2.45. The van der Waals surface area contributed by atoms with Crippen LogP contribution in [0.3, 0.4) is 0 Å². The normalized spacial score (nSPS) is 17.0. The van der Waals surface area contributed by atoms with Crippen LogP contribution in [-0.4, -0.2) is 27.1 Å². The number of carbonyl (C=O) groups excluding carboxylic acids is 1. The summed E-state index contributed by atoms with van der Waals surface area (Å²) in [4.78, 5) is 26.4. The number of ketones is 1. The number of rotatable bonds is 6. The predicted octanol–water partition coefficient (Wildman–Crippen LogP) is 5.42. The van der Waals surface area contributed by atoms with Gasteiger partial charge in [0.2, 0.25) is 11.6 Å². The van der Waals surface area contributed by atoms with E-state index in [0.29, 0.717) is 69.9 Å². The Morgan fingerprint density at radius 2 is 1.70 bits per heavy atom. The maximum atomic E-state index is 13.3. The fourth-order valence-electron chi connectivity index (χ4n) is 5.51. The molecular weight excluding hydrogens is 512 g/mol. The Morgan fingerprint density at radius 1 is 1.00 bits per heavy atom. The first-order valence-corrected chi connectivity index (χ1v) is 13.0. The number of carbonyl (C=O) groups is 1. The van der Waals surface area contributed by atoms with Crippen molar-refractivity contribution in [1.82, 2.24) is 0 Å². The van der Waals surface area contributed by atoms with Gasteiger partial charge in [-0.05, 0) is 53.3 Å². The van der Waals surface area contributed by atoms with E-state index in [1.165, 1.54) is 21.3 Å². The van der Waals surface area contributed by atoms with Gasteiger partial charge in [-0.15, -0.1) is 0 Å². The summed E-state index contributed by atoms with van der Waals surface area (Å²) in [6.07, 6.45) is 1.61. The monoisotopic (exact) mass is 542 g/mol. The molecule has 0 saturated heterocycles. The average molecular weight is 543 g/mol. The Bertz CT molecular complexity index is 1680. The van der Waals surface area contributed by atoms with E-state index in [-0.39, 0.29) is 28.7 Å². The molecular formula is C31H30N2O7. The molecule has 0 saturated carbocycles.